The van der Waals surface area contributed by atoms with Crippen molar-refractivity contribution in [2.45, 2.75) is 44.2 Å². The molecule has 2 rings (SSSR count). The van der Waals surface area contributed by atoms with Crippen LogP contribution in [-0.2, 0) is 11.3 Å². The Bertz CT molecular complexity index is 572. The standard InChI is InChI=1S/C18H26F2N2O2/c1-21(2)9-10-22(13-14-5-6-15(19)11-16(14)20)17(23)12-18(24)7-3-4-8-18/h5-6,11,24H,3-4,7-10,12-13H2,1-2H3. The van der Waals surface area contributed by atoms with E-state index in [1.54, 1.807) is 4.90 Å². The van der Waals surface area contributed by atoms with Crippen LogP contribution in [0.3, 0.4) is 0 Å². The second kappa shape index (κ2) is 8.03. The minimum Gasteiger partial charge on any atom is -0.389 e. The minimum absolute atomic E-state index is 0.0588. The highest BCUT2D eigenvalue weighted by atomic mass is 19.1. The van der Waals surface area contributed by atoms with Crippen molar-refractivity contribution in [3.8, 4) is 0 Å². The molecule has 24 heavy (non-hydrogen) atoms. The lowest BCUT2D eigenvalue weighted by Crippen LogP contribution is -2.40. The summed E-state index contributed by atoms with van der Waals surface area (Å²) in [4.78, 5) is 16.1. The number of hydrogen-bond donors (Lipinski definition) is 1. The van der Waals surface area contributed by atoms with E-state index in [9.17, 15) is 18.7 Å². The molecule has 0 heterocycles. The Balaban J connectivity index is 2.09. The second-order valence-corrected chi connectivity index (χ2v) is 6.96. The average Bonchev–Trinajstić information content (AvgIpc) is 2.91. The molecule has 6 heteroatoms. The number of benzene rings is 1. The Kier molecular flexibility index (Phi) is 6.29. The summed E-state index contributed by atoms with van der Waals surface area (Å²) in [6, 6.07) is 3.39. The van der Waals surface area contributed by atoms with Gasteiger partial charge in [-0.1, -0.05) is 18.9 Å². The van der Waals surface area contributed by atoms with E-state index in [2.05, 4.69) is 0 Å². The molecule has 1 amide bonds. The lowest BCUT2D eigenvalue weighted by molar-refractivity contribution is -0.137. The number of carbonyl (C=O) groups excluding carboxylic acids is 1. The zero-order valence-electron chi connectivity index (χ0n) is 14.4. The number of carbonyl (C=O) groups is 1. The number of hydrogen-bond acceptors (Lipinski definition) is 3. The Morgan fingerprint density at radius 3 is 2.46 bits per heavy atom. The Labute approximate surface area is 142 Å². The molecule has 134 valence electrons. The molecular weight excluding hydrogens is 314 g/mol. The van der Waals surface area contributed by atoms with Crippen molar-refractivity contribution in [1.82, 2.24) is 9.80 Å². The van der Waals surface area contributed by atoms with E-state index in [4.69, 9.17) is 0 Å². The zero-order chi connectivity index (χ0) is 17.7. The van der Waals surface area contributed by atoms with Crippen LogP contribution in [0.2, 0.25) is 0 Å². The molecule has 0 unspecified atom stereocenters. The van der Waals surface area contributed by atoms with Crippen molar-refractivity contribution < 1.29 is 18.7 Å². The van der Waals surface area contributed by atoms with Crippen LogP contribution in [0, 0.1) is 11.6 Å². The Morgan fingerprint density at radius 2 is 1.88 bits per heavy atom. The van der Waals surface area contributed by atoms with Crippen LogP contribution in [0.5, 0.6) is 0 Å². The van der Waals surface area contributed by atoms with E-state index in [1.165, 1.54) is 12.1 Å². The van der Waals surface area contributed by atoms with Gasteiger partial charge in [0.1, 0.15) is 11.6 Å². The van der Waals surface area contributed by atoms with Gasteiger partial charge in [-0.15, -0.1) is 0 Å². The quantitative estimate of drug-likeness (QED) is 0.830. The van der Waals surface area contributed by atoms with Gasteiger partial charge >= 0.3 is 0 Å². The summed E-state index contributed by atoms with van der Waals surface area (Å²) in [7, 11) is 3.79. The van der Waals surface area contributed by atoms with E-state index >= 15 is 0 Å². The summed E-state index contributed by atoms with van der Waals surface area (Å²) in [6.07, 6.45) is 3.17. The van der Waals surface area contributed by atoms with Gasteiger partial charge in [-0.2, -0.15) is 0 Å². The van der Waals surface area contributed by atoms with Crippen molar-refractivity contribution in [2.75, 3.05) is 27.2 Å². The smallest absolute Gasteiger partial charge is 0.225 e. The highest BCUT2D eigenvalue weighted by Gasteiger charge is 2.35. The summed E-state index contributed by atoms with van der Waals surface area (Å²) in [5.74, 6) is -1.48. The number of amides is 1. The van der Waals surface area contributed by atoms with Crippen molar-refractivity contribution >= 4 is 5.91 Å². The molecule has 0 saturated heterocycles. The van der Waals surface area contributed by atoms with Crippen LogP contribution >= 0.6 is 0 Å². The molecule has 0 aromatic heterocycles. The topological polar surface area (TPSA) is 43.8 Å². The van der Waals surface area contributed by atoms with Crippen LogP contribution < -0.4 is 0 Å². The molecule has 0 atom stereocenters. The lowest BCUT2D eigenvalue weighted by atomic mass is 9.97. The maximum absolute atomic E-state index is 13.9. The van der Waals surface area contributed by atoms with Gasteiger partial charge in [-0.05, 0) is 33.0 Å². The van der Waals surface area contributed by atoms with Crippen LogP contribution in [0.1, 0.15) is 37.7 Å². The molecular formula is C18H26F2N2O2. The van der Waals surface area contributed by atoms with Crippen molar-refractivity contribution in [3.05, 3.63) is 35.4 Å². The van der Waals surface area contributed by atoms with Crippen LogP contribution in [0.4, 0.5) is 8.78 Å². The summed E-state index contributed by atoms with van der Waals surface area (Å²) in [5.41, 5.74) is -0.656. The zero-order valence-corrected chi connectivity index (χ0v) is 14.4. The Morgan fingerprint density at radius 1 is 1.21 bits per heavy atom. The normalized spacial score (nSPS) is 16.6. The molecule has 0 radical (unpaired) electrons. The molecule has 1 aromatic rings. The summed E-state index contributed by atoms with van der Waals surface area (Å²) >= 11 is 0. The average molecular weight is 340 g/mol. The molecule has 1 aliphatic carbocycles. The van der Waals surface area contributed by atoms with E-state index in [1.807, 2.05) is 19.0 Å². The molecule has 0 bridgehead atoms. The first-order chi connectivity index (χ1) is 11.3. The van der Waals surface area contributed by atoms with Gasteiger partial charge in [0.15, 0.2) is 0 Å². The fourth-order valence-corrected chi connectivity index (χ4v) is 3.07. The van der Waals surface area contributed by atoms with Gasteiger partial charge in [0, 0.05) is 31.3 Å². The molecule has 4 nitrogen and oxygen atoms in total. The number of nitrogens with zero attached hydrogens (tertiary/aromatic N) is 2. The number of aliphatic hydroxyl groups is 1. The largest absolute Gasteiger partial charge is 0.389 e. The highest BCUT2D eigenvalue weighted by Crippen LogP contribution is 2.33. The fourth-order valence-electron chi connectivity index (χ4n) is 3.07. The van der Waals surface area contributed by atoms with Crippen LogP contribution in [0.25, 0.3) is 0 Å². The van der Waals surface area contributed by atoms with Crippen LogP contribution in [-0.4, -0.2) is 53.6 Å². The highest BCUT2D eigenvalue weighted by molar-refractivity contribution is 5.77. The molecule has 1 aromatic carbocycles. The molecule has 0 aliphatic heterocycles. The third kappa shape index (κ3) is 5.24. The van der Waals surface area contributed by atoms with E-state index in [0.717, 1.165) is 18.9 Å². The third-order valence-electron chi connectivity index (χ3n) is 4.56. The molecule has 1 aliphatic rings. The predicted molar refractivity (Wildman–Crippen MR) is 88.4 cm³/mol. The monoisotopic (exact) mass is 340 g/mol. The SMILES string of the molecule is CN(C)CCN(Cc1ccc(F)cc1F)C(=O)CC1(O)CCCC1. The summed E-state index contributed by atoms with van der Waals surface area (Å²) in [5, 5.41) is 10.5. The van der Waals surface area contributed by atoms with Crippen molar-refractivity contribution in [1.29, 1.82) is 0 Å². The first-order valence-corrected chi connectivity index (χ1v) is 8.38. The summed E-state index contributed by atoms with van der Waals surface area (Å²) in [6.45, 7) is 1.14. The number of halogens is 2. The second-order valence-electron chi connectivity index (χ2n) is 6.96. The minimum atomic E-state index is -0.936. The van der Waals surface area contributed by atoms with Gasteiger partial charge < -0.3 is 14.9 Å². The van der Waals surface area contributed by atoms with Gasteiger partial charge in [0.05, 0.1) is 12.0 Å². The van der Waals surface area contributed by atoms with Crippen LogP contribution in [0.15, 0.2) is 18.2 Å². The number of rotatable bonds is 7. The first kappa shape index (κ1) is 18.8. The summed E-state index contributed by atoms with van der Waals surface area (Å²) < 4.78 is 27.0. The third-order valence-corrected chi connectivity index (χ3v) is 4.56. The number of likely N-dealkylation sites (N-methyl/N-ethyl adjacent to an activating group) is 1. The van der Waals surface area contributed by atoms with E-state index in [0.29, 0.717) is 25.9 Å². The van der Waals surface area contributed by atoms with Gasteiger partial charge in [0.25, 0.3) is 0 Å². The van der Waals surface area contributed by atoms with Gasteiger partial charge in [-0.3, -0.25) is 4.79 Å². The lowest BCUT2D eigenvalue weighted by Gasteiger charge is -2.29. The van der Waals surface area contributed by atoms with E-state index in [-0.39, 0.29) is 24.4 Å². The maximum atomic E-state index is 13.9. The molecule has 1 fully saturated rings. The predicted octanol–water partition coefficient (Wildman–Crippen LogP) is 2.55. The molecule has 1 N–H and O–H groups in total. The molecule has 0 spiro atoms. The van der Waals surface area contributed by atoms with Crippen molar-refractivity contribution in [3.63, 3.8) is 0 Å². The Hall–Kier alpha value is -1.53. The first-order valence-electron chi connectivity index (χ1n) is 8.38. The van der Waals surface area contributed by atoms with Crippen molar-refractivity contribution in [2.24, 2.45) is 0 Å². The maximum Gasteiger partial charge on any atom is 0.225 e. The van der Waals surface area contributed by atoms with Gasteiger partial charge in [0.2, 0.25) is 5.91 Å². The van der Waals surface area contributed by atoms with E-state index < -0.39 is 17.2 Å². The molecule has 1 saturated carbocycles. The van der Waals surface area contributed by atoms with Gasteiger partial charge in [-0.25, -0.2) is 8.78 Å². The fraction of sp³-hybridized carbons (Fsp3) is 0.611.